The van der Waals surface area contributed by atoms with Crippen LogP contribution >= 0.6 is 12.6 Å². The molecule has 0 fully saturated rings. The van der Waals surface area contributed by atoms with Crippen molar-refractivity contribution >= 4 is 24.4 Å². The maximum absolute atomic E-state index is 11.5. The molecule has 0 aliphatic heterocycles. The first-order valence-corrected chi connectivity index (χ1v) is 6.07. The summed E-state index contributed by atoms with van der Waals surface area (Å²) in [5, 5.41) is 2.86. The average Bonchev–Trinajstić information content (AvgIpc) is 2.15. The maximum Gasteiger partial charge on any atom is 0.412 e. The van der Waals surface area contributed by atoms with Crippen LogP contribution < -0.4 is 5.32 Å². The minimum Gasteiger partial charge on any atom is -0.444 e. The summed E-state index contributed by atoms with van der Waals surface area (Å²) in [7, 11) is 0. The van der Waals surface area contributed by atoms with Crippen LogP contribution in [0.25, 0.3) is 0 Å². The number of carbonyl (C=O) groups excluding carboxylic acids is 1. The number of benzene rings is 1. The zero-order chi connectivity index (χ0) is 13.1. The highest BCUT2D eigenvalue weighted by molar-refractivity contribution is 7.80. The Kier molecular flexibility index (Phi) is 4.46. The maximum atomic E-state index is 11.5. The summed E-state index contributed by atoms with van der Waals surface area (Å²) in [4.78, 5) is 11.5. The third-order valence-corrected chi connectivity index (χ3v) is 2.34. The lowest BCUT2D eigenvalue weighted by Gasteiger charge is -2.19. The second kappa shape index (κ2) is 5.45. The average molecular weight is 253 g/mol. The van der Waals surface area contributed by atoms with Gasteiger partial charge < -0.3 is 4.74 Å². The Bertz CT molecular complexity index is 379. The van der Waals surface area contributed by atoms with Crippen molar-refractivity contribution in [1.29, 1.82) is 0 Å². The third kappa shape index (κ3) is 5.13. The molecule has 1 aromatic rings. The molecule has 94 valence electrons. The van der Waals surface area contributed by atoms with Crippen molar-refractivity contribution in [3.63, 3.8) is 0 Å². The molecule has 1 N–H and O–H groups in total. The number of hydrogen-bond acceptors (Lipinski definition) is 3. The Morgan fingerprint density at radius 1 is 1.29 bits per heavy atom. The predicted molar refractivity (Wildman–Crippen MR) is 73.7 cm³/mol. The first kappa shape index (κ1) is 13.9. The van der Waals surface area contributed by atoms with Crippen molar-refractivity contribution in [2.24, 2.45) is 0 Å². The Morgan fingerprint density at radius 2 is 1.82 bits per heavy atom. The lowest BCUT2D eigenvalue weighted by Crippen LogP contribution is -2.27. The summed E-state index contributed by atoms with van der Waals surface area (Å²) >= 11 is 4.34. The molecule has 0 spiro atoms. The topological polar surface area (TPSA) is 38.3 Å². The van der Waals surface area contributed by atoms with Gasteiger partial charge in [0.2, 0.25) is 0 Å². The van der Waals surface area contributed by atoms with E-state index in [2.05, 4.69) is 17.9 Å². The van der Waals surface area contributed by atoms with Gasteiger partial charge >= 0.3 is 6.09 Å². The van der Waals surface area contributed by atoms with Gasteiger partial charge in [0.05, 0.1) is 0 Å². The van der Waals surface area contributed by atoms with E-state index in [1.165, 1.54) is 0 Å². The van der Waals surface area contributed by atoms with Crippen molar-refractivity contribution in [1.82, 2.24) is 0 Å². The molecule has 0 aliphatic rings. The van der Waals surface area contributed by atoms with Gasteiger partial charge in [-0.05, 0) is 45.4 Å². The molecular weight excluding hydrogens is 234 g/mol. The van der Waals surface area contributed by atoms with E-state index in [-0.39, 0.29) is 5.25 Å². The molecule has 1 aromatic carbocycles. The molecule has 17 heavy (non-hydrogen) atoms. The number of rotatable bonds is 2. The van der Waals surface area contributed by atoms with Gasteiger partial charge in [0.25, 0.3) is 0 Å². The monoisotopic (exact) mass is 253 g/mol. The second-order valence-electron chi connectivity index (χ2n) is 4.92. The highest BCUT2D eigenvalue weighted by Gasteiger charge is 2.16. The highest BCUT2D eigenvalue weighted by Crippen LogP contribution is 2.20. The molecule has 0 heterocycles. The zero-order valence-electron chi connectivity index (χ0n) is 10.7. The fourth-order valence-corrected chi connectivity index (χ4v) is 1.44. The molecule has 0 saturated heterocycles. The molecule has 0 aromatic heterocycles. The van der Waals surface area contributed by atoms with Crippen LogP contribution in [-0.4, -0.2) is 11.7 Å². The molecular formula is C13H19NO2S. The van der Waals surface area contributed by atoms with E-state index in [0.717, 1.165) is 11.3 Å². The van der Waals surface area contributed by atoms with E-state index in [1.807, 2.05) is 52.0 Å². The van der Waals surface area contributed by atoms with Crippen LogP contribution in [0.1, 0.15) is 38.5 Å². The number of hydrogen-bond donors (Lipinski definition) is 2. The van der Waals surface area contributed by atoms with Gasteiger partial charge in [0.15, 0.2) is 0 Å². The van der Waals surface area contributed by atoms with E-state index < -0.39 is 11.7 Å². The molecule has 1 amide bonds. The van der Waals surface area contributed by atoms with Gasteiger partial charge in [0.1, 0.15) is 5.60 Å². The predicted octanol–water partition coefficient (Wildman–Crippen LogP) is 4.02. The Balaban J connectivity index is 2.61. The van der Waals surface area contributed by atoms with Gasteiger partial charge in [-0.15, -0.1) is 0 Å². The molecule has 0 aliphatic carbocycles. The largest absolute Gasteiger partial charge is 0.444 e. The second-order valence-corrected chi connectivity index (χ2v) is 5.70. The van der Waals surface area contributed by atoms with Crippen LogP contribution in [0, 0.1) is 0 Å². The summed E-state index contributed by atoms with van der Waals surface area (Å²) in [5.41, 5.74) is 1.35. The van der Waals surface area contributed by atoms with E-state index in [0.29, 0.717) is 0 Å². The van der Waals surface area contributed by atoms with Crippen LogP contribution in [0.4, 0.5) is 10.5 Å². The third-order valence-electron chi connectivity index (χ3n) is 2.04. The Morgan fingerprint density at radius 3 is 2.24 bits per heavy atom. The summed E-state index contributed by atoms with van der Waals surface area (Å²) in [6.45, 7) is 7.49. The van der Waals surface area contributed by atoms with Crippen molar-refractivity contribution in [3.8, 4) is 0 Å². The van der Waals surface area contributed by atoms with Crippen molar-refractivity contribution < 1.29 is 9.53 Å². The van der Waals surface area contributed by atoms with Crippen molar-refractivity contribution in [2.75, 3.05) is 5.32 Å². The van der Waals surface area contributed by atoms with E-state index in [4.69, 9.17) is 4.74 Å². The molecule has 3 nitrogen and oxygen atoms in total. The molecule has 0 radical (unpaired) electrons. The molecule has 0 saturated carbocycles. The van der Waals surface area contributed by atoms with Crippen molar-refractivity contribution in [3.05, 3.63) is 29.8 Å². The standard InChI is InChI=1S/C13H19NO2S/c1-9(17)10-5-7-11(8-6-10)14-12(15)16-13(2,3)4/h5-9,17H,1-4H3,(H,14,15). The number of anilines is 1. The SMILES string of the molecule is CC(S)c1ccc(NC(=O)OC(C)(C)C)cc1. The first-order chi connectivity index (χ1) is 7.78. The minimum atomic E-state index is -0.483. The number of ether oxygens (including phenoxy) is 1. The number of amides is 1. The summed E-state index contributed by atoms with van der Waals surface area (Å²) in [6, 6.07) is 7.55. The lowest BCUT2D eigenvalue weighted by atomic mass is 10.1. The van der Waals surface area contributed by atoms with Crippen molar-refractivity contribution in [2.45, 2.75) is 38.5 Å². The van der Waals surface area contributed by atoms with Crippen LogP contribution in [0.2, 0.25) is 0 Å². The quantitative estimate of drug-likeness (QED) is 0.781. The molecule has 4 heteroatoms. The van der Waals surface area contributed by atoms with Crippen LogP contribution in [0.3, 0.4) is 0 Å². The van der Waals surface area contributed by atoms with Crippen LogP contribution in [-0.2, 0) is 4.74 Å². The molecule has 1 unspecified atom stereocenters. The minimum absolute atomic E-state index is 0.186. The van der Waals surface area contributed by atoms with E-state index in [9.17, 15) is 4.79 Å². The smallest absolute Gasteiger partial charge is 0.412 e. The van der Waals surface area contributed by atoms with E-state index in [1.54, 1.807) is 0 Å². The first-order valence-electron chi connectivity index (χ1n) is 5.56. The van der Waals surface area contributed by atoms with Gasteiger partial charge in [-0.25, -0.2) is 4.79 Å². The number of nitrogens with one attached hydrogen (secondary N) is 1. The van der Waals surface area contributed by atoms with E-state index >= 15 is 0 Å². The Labute approximate surface area is 108 Å². The molecule has 1 atom stereocenters. The Hall–Kier alpha value is -1.16. The summed E-state index contributed by atoms with van der Waals surface area (Å²) in [5.74, 6) is 0. The molecule has 0 bridgehead atoms. The number of carbonyl (C=O) groups is 1. The molecule has 1 rings (SSSR count). The summed E-state index contributed by atoms with van der Waals surface area (Å²) < 4.78 is 5.15. The number of thiol groups is 1. The van der Waals surface area contributed by atoms with Gasteiger partial charge in [-0.1, -0.05) is 12.1 Å². The van der Waals surface area contributed by atoms with Gasteiger partial charge in [0, 0.05) is 10.9 Å². The normalized spacial score (nSPS) is 13.0. The fourth-order valence-electron chi connectivity index (χ4n) is 1.27. The summed E-state index contributed by atoms with van der Waals surface area (Å²) in [6.07, 6.45) is -0.441. The highest BCUT2D eigenvalue weighted by atomic mass is 32.1. The van der Waals surface area contributed by atoms with Gasteiger partial charge in [-0.3, -0.25) is 5.32 Å². The van der Waals surface area contributed by atoms with Gasteiger partial charge in [-0.2, -0.15) is 12.6 Å². The van der Waals surface area contributed by atoms with Crippen LogP contribution in [0.5, 0.6) is 0 Å². The fraction of sp³-hybridized carbons (Fsp3) is 0.462. The zero-order valence-corrected chi connectivity index (χ0v) is 11.5. The van der Waals surface area contributed by atoms with Crippen LogP contribution in [0.15, 0.2) is 24.3 Å². The lowest BCUT2D eigenvalue weighted by molar-refractivity contribution is 0.0636.